The van der Waals surface area contributed by atoms with Crippen molar-refractivity contribution in [2.45, 2.75) is 25.9 Å². The van der Waals surface area contributed by atoms with Crippen LogP contribution in [-0.2, 0) is 11.3 Å². The van der Waals surface area contributed by atoms with E-state index in [-0.39, 0.29) is 16.6 Å². The number of carbonyl (C=O) groups is 1. The first-order valence-electron chi connectivity index (χ1n) is 4.93. The summed E-state index contributed by atoms with van der Waals surface area (Å²) in [6.07, 6.45) is 0. The third-order valence-corrected chi connectivity index (χ3v) is 3.07. The van der Waals surface area contributed by atoms with E-state index < -0.39 is 23.1 Å². The summed E-state index contributed by atoms with van der Waals surface area (Å²) in [5.74, 6) is -1.94. The van der Waals surface area contributed by atoms with Crippen molar-refractivity contribution in [3.63, 3.8) is 0 Å². The molecule has 94 valence electrons. The Morgan fingerprint density at radius 3 is 2.59 bits per heavy atom. The first-order valence-corrected chi connectivity index (χ1v) is 5.72. The second kappa shape index (κ2) is 5.10. The highest BCUT2D eigenvalue weighted by Crippen LogP contribution is 2.21. The number of hydrogen-bond donors (Lipinski definition) is 2. The van der Waals surface area contributed by atoms with E-state index in [1.807, 2.05) is 0 Å². The van der Waals surface area contributed by atoms with Gasteiger partial charge in [0, 0.05) is 12.1 Å². The van der Waals surface area contributed by atoms with Crippen LogP contribution < -0.4 is 11.1 Å². The predicted octanol–water partition coefficient (Wildman–Crippen LogP) is 2.08. The van der Waals surface area contributed by atoms with E-state index in [4.69, 9.17) is 5.73 Å². The third kappa shape index (κ3) is 3.23. The molecule has 0 aliphatic carbocycles. The topological polar surface area (TPSA) is 55.1 Å². The molecule has 0 fully saturated rings. The van der Waals surface area contributed by atoms with Gasteiger partial charge in [-0.2, -0.15) is 0 Å². The van der Waals surface area contributed by atoms with Crippen LogP contribution in [0.15, 0.2) is 16.6 Å². The normalized spacial score (nSPS) is 11.6. The van der Waals surface area contributed by atoms with Gasteiger partial charge in [0.2, 0.25) is 5.91 Å². The number of nitrogens with one attached hydrogen (secondary N) is 1. The van der Waals surface area contributed by atoms with Crippen LogP contribution in [0.25, 0.3) is 0 Å². The first-order chi connectivity index (χ1) is 7.75. The second-order valence-electron chi connectivity index (χ2n) is 4.16. The van der Waals surface area contributed by atoms with Crippen molar-refractivity contribution < 1.29 is 13.6 Å². The Balaban J connectivity index is 2.90. The summed E-state index contributed by atoms with van der Waals surface area (Å²) in [5.41, 5.74) is 3.98. The summed E-state index contributed by atoms with van der Waals surface area (Å²) in [6.45, 7) is 2.97. The van der Waals surface area contributed by atoms with Crippen molar-refractivity contribution in [3.05, 3.63) is 33.8 Å². The van der Waals surface area contributed by atoms with E-state index in [1.54, 1.807) is 13.8 Å². The Kier molecular flexibility index (Phi) is 4.21. The molecule has 0 bridgehead atoms. The Labute approximate surface area is 107 Å². The number of amides is 1. The summed E-state index contributed by atoms with van der Waals surface area (Å²) >= 11 is 2.97. The fourth-order valence-electron chi connectivity index (χ4n) is 1.13. The molecule has 1 amide bonds. The molecule has 1 rings (SSSR count). The number of benzene rings is 1. The predicted molar refractivity (Wildman–Crippen MR) is 64.2 cm³/mol. The molecule has 0 saturated carbocycles. The van der Waals surface area contributed by atoms with E-state index in [2.05, 4.69) is 21.2 Å². The minimum absolute atomic E-state index is 0.118. The van der Waals surface area contributed by atoms with E-state index in [9.17, 15) is 13.6 Å². The fraction of sp³-hybridized carbons (Fsp3) is 0.364. The summed E-state index contributed by atoms with van der Waals surface area (Å²) < 4.78 is 27.2. The van der Waals surface area contributed by atoms with E-state index >= 15 is 0 Å². The summed E-state index contributed by atoms with van der Waals surface area (Å²) in [6, 6.07) is 2.44. The molecular formula is C11H13BrF2N2O. The van der Waals surface area contributed by atoms with Crippen LogP contribution in [0.3, 0.4) is 0 Å². The van der Waals surface area contributed by atoms with Gasteiger partial charge in [0.25, 0.3) is 0 Å². The molecule has 3 nitrogen and oxygen atoms in total. The maximum atomic E-state index is 13.6. The van der Waals surface area contributed by atoms with E-state index in [1.165, 1.54) is 6.07 Å². The van der Waals surface area contributed by atoms with Crippen molar-refractivity contribution >= 4 is 21.8 Å². The monoisotopic (exact) mass is 306 g/mol. The standard InChI is InChI=1S/C11H13BrF2N2O/c1-11(2,10(15)17)16-5-6-8(13)4-3-7(12)9(6)14/h3-4,16H,5H2,1-2H3,(H2,15,17). The molecular weight excluding hydrogens is 294 g/mol. The smallest absolute Gasteiger partial charge is 0.237 e. The van der Waals surface area contributed by atoms with Crippen LogP contribution in [0.5, 0.6) is 0 Å². The molecule has 0 aromatic heterocycles. The van der Waals surface area contributed by atoms with Crippen LogP contribution in [-0.4, -0.2) is 11.4 Å². The fourth-order valence-corrected chi connectivity index (χ4v) is 1.50. The Morgan fingerprint density at radius 1 is 1.47 bits per heavy atom. The molecule has 0 aliphatic heterocycles. The number of carbonyl (C=O) groups excluding carboxylic acids is 1. The molecule has 6 heteroatoms. The zero-order chi connectivity index (χ0) is 13.2. The van der Waals surface area contributed by atoms with E-state index in [0.29, 0.717) is 0 Å². The average molecular weight is 307 g/mol. The zero-order valence-electron chi connectivity index (χ0n) is 9.48. The van der Waals surface area contributed by atoms with Gasteiger partial charge in [-0.25, -0.2) is 8.78 Å². The minimum Gasteiger partial charge on any atom is -0.368 e. The highest BCUT2D eigenvalue weighted by molar-refractivity contribution is 9.10. The molecule has 3 N–H and O–H groups in total. The summed E-state index contributed by atoms with van der Waals surface area (Å²) in [5, 5.41) is 2.71. The number of hydrogen-bond acceptors (Lipinski definition) is 2. The van der Waals surface area contributed by atoms with Crippen molar-refractivity contribution in [1.29, 1.82) is 0 Å². The molecule has 0 spiro atoms. The second-order valence-corrected chi connectivity index (χ2v) is 5.02. The SMILES string of the molecule is CC(C)(NCc1c(F)ccc(Br)c1F)C(N)=O. The van der Waals surface area contributed by atoms with Gasteiger partial charge in [-0.1, -0.05) is 0 Å². The molecule has 0 unspecified atom stereocenters. The Hall–Kier alpha value is -1.01. The van der Waals surface area contributed by atoms with Gasteiger partial charge in [0.1, 0.15) is 11.6 Å². The maximum Gasteiger partial charge on any atom is 0.237 e. The third-order valence-electron chi connectivity index (χ3n) is 2.46. The lowest BCUT2D eigenvalue weighted by atomic mass is 10.0. The molecule has 0 saturated heterocycles. The lowest BCUT2D eigenvalue weighted by molar-refractivity contribution is -0.123. The Morgan fingerprint density at radius 2 is 2.06 bits per heavy atom. The van der Waals surface area contributed by atoms with Crippen molar-refractivity contribution in [2.75, 3.05) is 0 Å². The lowest BCUT2D eigenvalue weighted by Crippen LogP contribution is -2.50. The molecule has 1 aromatic rings. The summed E-state index contributed by atoms with van der Waals surface area (Å²) in [4.78, 5) is 11.0. The van der Waals surface area contributed by atoms with Crippen molar-refractivity contribution in [1.82, 2.24) is 5.32 Å². The minimum atomic E-state index is -1.03. The van der Waals surface area contributed by atoms with Gasteiger partial charge >= 0.3 is 0 Å². The van der Waals surface area contributed by atoms with Crippen LogP contribution >= 0.6 is 15.9 Å². The van der Waals surface area contributed by atoms with E-state index in [0.717, 1.165) is 6.07 Å². The number of rotatable bonds is 4. The largest absolute Gasteiger partial charge is 0.368 e. The van der Waals surface area contributed by atoms with Crippen molar-refractivity contribution in [3.8, 4) is 0 Å². The van der Waals surface area contributed by atoms with Gasteiger partial charge in [-0.15, -0.1) is 0 Å². The van der Waals surface area contributed by atoms with Crippen LogP contribution in [0, 0.1) is 11.6 Å². The van der Waals surface area contributed by atoms with Gasteiger partial charge in [-0.05, 0) is 41.9 Å². The molecule has 0 atom stereocenters. The zero-order valence-corrected chi connectivity index (χ0v) is 11.1. The first kappa shape index (κ1) is 14.1. The highest BCUT2D eigenvalue weighted by Gasteiger charge is 2.25. The number of primary amides is 1. The van der Waals surface area contributed by atoms with Crippen LogP contribution in [0.2, 0.25) is 0 Å². The van der Waals surface area contributed by atoms with Gasteiger partial charge in [-0.3, -0.25) is 10.1 Å². The van der Waals surface area contributed by atoms with Crippen LogP contribution in [0.4, 0.5) is 8.78 Å². The highest BCUT2D eigenvalue weighted by atomic mass is 79.9. The average Bonchev–Trinajstić information content (AvgIpc) is 2.23. The Bertz CT molecular complexity index is 449. The molecule has 1 aromatic carbocycles. The van der Waals surface area contributed by atoms with Crippen molar-refractivity contribution in [2.24, 2.45) is 5.73 Å². The quantitative estimate of drug-likeness (QED) is 0.837. The maximum absolute atomic E-state index is 13.6. The van der Waals surface area contributed by atoms with Gasteiger partial charge in [0.15, 0.2) is 0 Å². The van der Waals surface area contributed by atoms with Gasteiger partial charge in [0.05, 0.1) is 10.0 Å². The number of halogens is 3. The molecule has 0 radical (unpaired) electrons. The molecule has 0 aliphatic rings. The lowest BCUT2D eigenvalue weighted by Gasteiger charge is -2.22. The van der Waals surface area contributed by atoms with Gasteiger partial charge < -0.3 is 5.73 Å². The summed E-state index contributed by atoms with van der Waals surface area (Å²) in [7, 11) is 0. The molecule has 17 heavy (non-hydrogen) atoms. The van der Waals surface area contributed by atoms with Crippen LogP contribution in [0.1, 0.15) is 19.4 Å². The number of nitrogens with two attached hydrogens (primary N) is 1. The molecule has 0 heterocycles.